The summed E-state index contributed by atoms with van der Waals surface area (Å²) in [6, 6.07) is 0. The Morgan fingerprint density at radius 3 is 2.12 bits per heavy atom. The van der Waals surface area contributed by atoms with Gasteiger partial charge in [0, 0.05) is 0 Å². The summed E-state index contributed by atoms with van der Waals surface area (Å²) >= 11 is 0. The number of hydrogen-bond acceptors (Lipinski definition) is 0. The van der Waals surface area contributed by atoms with Crippen molar-refractivity contribution >= 4 is 0 Å². The maximum absolute atomic E-state index is 2.52. The van der Waals surface area contributed by atoms with Crippen LogP contribution >= 0.6 is 0 Å². The summed E-state index contributed by atoms with van der Waals surface area (Å²) < 4.78 is 0. The lowest BCUT2D eigenvalue weighted by molar-refractivity contribution is 0.227. The van der Waals surface area contributed by atoms with Crippen molar-refractivity contribution in [2.24, 2.45) is 22.7 Å². The number of hydrogen-bond donors (Lipinski definition) is 0. The zero-order chi connectivity index (χ0) is 12.5. The predicted molar refractivity (Wildman–Crippen MR) is 76.1 cm³/mol. The molecule has 0 heterocycles. The molecule has 2 aliphatic rings. The van der Waals surface area contributed by atoms with Crippen LogP contribution in [0.1, 0.15) is 85.5 Å². The lowest BCUT2D eigenvalue weighted by atomic mass is 9.77. The lowest BCUT2D eigenvalue weighted by Crippen LogP contribution is -2.17. The van der Waals surface area contributed by atoms with Gasteiger partial charge in [-0.15, -0.1) is 0 Å². The van der Waals surface area contributed by atoms with Gasteiger partial charge in [0.15, 0.2) is 0 Å². The molecule has 0 saturated heterocycles. The van der Waals surface area contributed by atoms with Crippen molar-refractivity contribution in [1.29, 1.82) is 0 Å². The van der Waals surface area contributed by atoms with Gasteiger partial charge in [-0.2, -0.15) is 0 Å². The molecule has 0 bridgehead atoms. The lowest BCUT2D eigenvalue weighted by Gasteiger charge is -2.28. The molecule has 0 aliphatic heterocycles. The number of rotatable bonds is 0. The highest BCUT2D eigenvalue weighted by molar-refractivity contribution is 4.96. The maximum Gasteiger partial charge on any atom is -0.0323 e. The molecule has 2 fully saturated rings. The molecule has 100 valence electrons. The van der Waals surface area contributed by atoms with Gasteiger partial charge in [0.05, 0.1) is 0 Å². The fraction of sp³-hybridized carbons (Fsp3) is 1.00. The Morgan fingerprint density at radius 2 is 1.41 bits per heavy atom. The third kappa shape index (κ3) is 3.73. The fourth-order valence-electron chi connectivity index (χ4n) is 3.95. The molecule has 0 aromatic heterocycles. The number of fused-ring (bicyclic) bond motifs is 1. The molecule has 0 nitrogen and oxygen atoms in total. The van der Waals surface area contributed by atoms with Gasteiger partial charge < -0.3 is 0 Å². The Hall–Kier alpha value is 0. The van der Waals surface area contributed by atoms with Crippen LogP contribution in [-0.4, -0.2) is 0 Å². The van der Waals surface area contributed by atoms with Gasteiger partial charge in [-0.3, -0.25) is 0 Å². The average Bonchev–Trinajstić information content (AvgIpc) is 2.99. The summed E-state index contributed by atoms with van der Waals surface area (Å²) in [4.78, 5) is 0. The average molecular weight is 236 g/mol. The largest absolute Gasteiger partial charge is 0.0599 e. The van der Waals surface area contributed by atoms with Gasteiger partial charge in [-0.25, -0.2) is 0 Å². The maximum atomic E-state index is 2.52. The highest BCUT2D eigenvalue weighted by Crippen LogP contribution is 2.56. The SMILES string of the molecule is CC1(C)CCCCCCC(C)(C)C2CC2CC1. The van der Waals surface area contributed by atoms with Crippen molar-refractivity contribution in [3.05, 3.63) is 0 Å². The molecule has 0 heteroatoms. The topological polar surface area (TPSA) is 0 Å². The summed E-state index contributed by atoms with van der Waals surface area (Å²) in [5.74, 6) is 2.13. The van der Waals surface area contributed by atoms with Crippen molar-refractivity contribution in [1.82, 2.24) is 0 Å². The molecule has 0 radical (unpaired) electrons. The van der Waals surface area contributed by atoms with E-state index in [2.05, 4.69) is 27.7 Å². The van der Waals surface area contributed by atoms with E-state index in [1.807, 2.05) is 0 Å². The van der Waals surface area contributed by atoms with Gasteiger partial charge in [-0.1, -0.05) is 53.4 Å². The van der Waals surface area contributed by atoms with Gasteiger partial charge in [-0.05, 0) is 54.8 Å². The van der Waals surface area contributed by atoms with Crippen molar-refractivity contribution in [3.8, 4) is 0 Å². The molecule has 0 spiro atoms. The third-order valence-electron chi connectivity index (χ3n) is 5.54. The minimum Gasteiger partial charge on any atom is -0.0599 e. The van der Waals surface area contributed by atoms with Crippen molar-refractivity contribution in [2.45, 2.75) is 85.5 Å². The second-order valence-electron chi connectivity index (χ2n) is 8.21. The highest BCUT2D eigenvalue weighted by atomic mass is 14.5. The van der Waals surface area contributed by atoms with E-state index in [9.17, 15) is 0 Å². The van der Waals surface area contributed by atoms with Crippen LogP contribution in [0.25, 0.3) is 0 Å². The Labute approximate surface area is 109 Å². The summed E-state index contributed by atoms with van der Waals surface area (Å²) in [7, 11) is 0. The van der Waals surface area contributed by atoms with Crippen LogP contribution in [0.3, 0.4) is 0 Å². The molecule has 0 N–H and O–H groups in total. The molecule has 0 amide bonds. The van der Waals surface area contributed by atoms with Crippen LogP contribution in [0.5, 0.6) is 0 Å². The van der Waals surface area contributed by atoms with Crippen molar-refractivity contribution in [2.75, 3.05) is 0 Å². The standard InChI is InChI=1S/C17H32/c1-16(2)10-7-5-6-8-11-17(3,4)15-13-14(15)9-12-16/h14-15H,5-13H2,1-4H3. The molecular formula is C17H32. The Balaban J connectivity index is 1.92. The van der Waals surface area contributed by atoms with Crippen LogP contribution in [0.15, 0.2) is 0 Å². The van der Waals surface area contributed by atoms with E-state index < -0.39 is 0 Å². The highest BCUT2D eigenvalue weighted by Gasteiger charge is 2.46. The first-order valence-electron chi connectivity index (χ1n) is 7.91. The van der Waals surface area contributed by atoms with E-state index in [0.29, 0.717) is 10.8 Å². The first-order valence-corrected chi connectivity index (χ1v) is 7.91. The second kappa shape index (κ2) is 4.94. The van der Waals surface area contributed by atoms with Crippen LogP contribution < -0.4 is 0 Å². The molecule has 0 aromatic rings. The van der Waals surface area contributed by atoms with E-state index in [4.69, 9.17) is 0 Å². The first kappa shape index (κ1) is 13.4. The van der Waals surface area contributed by atoms with Crippen LogP contribution in [0.4, 0.5) is 0 Å². The van der Waals surface area contributed by atoms with Gasteiger partial charge in [0.2, 0.25) is 0 Å². The van der Waals surface area contributed by atoms with E-state index in [-0.39, 0.29) is 0 Å². The normalized spacial score (nSPS) is 37.4. The third-order valence-corrected chi connectivity index (χ3v) is 5.54. The molecule has 2 aliphatic carbocycles. The summed E-state index contributed by atoms with van der Waals surface area (Å²) in [5, 5.41) is 0. The molecule has 2 unspecified atom stereocenters. The molecular weight excluding hydrogens is 204 g/mol. The molecule has 2 rings (SSSR count). The zero-order valence-corrected chi connectivity index (χ0v) is 12.5. The molecule has 2 saturated carbocycles. The quantitative estimate of drug-likeness (QED) is 0.498. The fourth-order valence-corrected chi connectivity index (χ4v) is 3.95. The zero-order valence-electron chi connectivity index (χ0n) is 12.5. The monoisotopic (exact) mass is 236 g/mol. The Bertz CT molecular complexity index is 249. The Morgan fingerprint density at radius 1 is 0.765 bits per heavy atom. The second-order valence-corrected chi connectivity index (χ2v) is 8.21. The van der Waals surface area contributed by atoms with Crippen LogP contribution in [0, 0.1) is 22.7 Å². The van der Waals surface area contributed by atoms with Gasteiger partial charge >= 0.3 is 0 Å². The van der Waals surface area contributed by atoms with Gasteiger partial charge in [0.1, 0.15) is 0 Å². The smallest absolute Gasteiger partial charge is 0.0323 e. The minimum atomic E-state index is 0.608. The van der Waals surface area contributed by atoms with E-state index in [1.54, 1.807) is 0 Å². The Kier molecular flexibility index (Phi) is 3.90. The predicted octanol–water partition coefficient (Wildman–Crippen LogP) is 5.81. The first-order chi connectivity index (χ1) is 7.91. The molecule has 2 atom stereocenters. The molecule has 0 aromatic carbocycles. The summed E-state index contributed by atoms with van der Waals surface area (Å²) in [6.45, 7) is 10.0. The minimum absolute atomic E-state index is 0.608. The molecule has 17 heavy (non-hydrogen) atoms. The van der Waals surface area contributed by atoms with Gasteiger partial charge in [0.25, 0.3) is 0 Å². The van der Waals surface area contributed by atoms with Crippen LogP contribution in [-0.2, 0) is 0 Å². The summed E-state index contributed by atoms with van der Waals surface area (Å²) in [6.07, 6.45) is 13.3. The van der Waals surface area contributed by atoms with E-state index >= 15 is 0 Å². The summed E-state index contributed by atoms with van der Waals surface area (Å²) in [5.41, 5.74) is 1.24. The van der Waals surface area contributed by atoms with Crippen molar-refractivity contribution in [3.63, 3.8) is 0 Å². The van der Waals surface area contributed by atoms with Crippen LogP contribution in [0.2, 0.25) is 0 Å². The van der Waals surface area contributed by atoms with E-state index in [1.165, 1.54) is 57.8 Å². The van der Waals surface area contributed by atoms with Crippen molar-refractivity contribution < 1.29 is 0 Å². The van der Waals surface area contributed by atoms with E-state index in [0.717, 1.165) is 11.8 Å².